The lowest BCUT2D eigenvalue weighted by Crippen LogP contribution is -2.35. The molecule has 0 aliphatic carbocycles. The molecule has 0 fully saturated rings. The largest absolute Gasteiger partial charge is 0.391 e. The SMILES string of the molecule is COCC(CNS(=O)(=O)c1cc(C)c(CO)s1)OC. The van der Waals surface area contributed by atoms with Crippen LogP contribution in [0.25, 0.3) is 0 Å². The third kappa shape index (κ3) is 4.51. The van der Waals surface area contributed by atoms with E-state index >= 15 is 0 Å². The van der Waals surface area contributed by atoms with Crippen molar-refractivity contribution < 1.29 is 23.0 Å². The summed E-state index contributed by atoms with van der Waals surface area (Å²) < 4.78 is 36.8. The predicted molar refractivity (Wildman–Crippen MR) is 72.8 cm³/mol. The van der Waals surface area contributed by atoms with Gasteiger partial charge in [-0.3, -0.25) is 0 Å². The number of aryl methyl sites for hydroxylation is 1. The van der Waals surface area contributed by atoms with E-state index in [1.807, 2.05) is 0 Å². The van der Waals surface area contributed by atoms with Gasteiger partial charge < -0.3 is 14.6 Å². The van der Waals surface area contributed by atoms with Crippen LogP contribution in [0.4, 0.5) is 0 Å². The van der Waals surface area contributed by atoms with Gasteiger partial charge in [0, 0.05) is 25.6 Å². The van der Waals surface area contributed by atoms with E-state index in [1.54, 1.807) is 13.0 Å². The number of nitrogens with one attached hydrogen (secondary N) is 1. The van der Waals surface area contributed by atoms with Crippen molar-refractivity contribution in [3.63, 3.8) is 0 Å². The lowest BCUT2D eigenvalue weighted by Gasteiger charge is -2.14. The minimum absolute atomic E-state index is 0.137. The summed E-state index contributed by atoms with van der Waals surface area (Å²) in [6.45, 7) is 2.06. The smallest absolute Gasteiger partial charge is 0.250 e. The number of hydrogen-bond donors (Lipinski definition) is 2. The third-order valence-corrected chi connectivity index (χ3v) is 5.71. The van der Waals surface area contributed by atoms with E-state index in [0.29, 0.717) is 11.5 Å². The first-order valence-corrected chi connectivity index (χ1v) is 7.96. The Labute approximate surface area is 117 Å². The zero-order chi connectivity index (χ0) is 14.5. The number of hydrogen-bond acceptors (Lipinski definition) is 6. The molecule has 0 saturated heterocycles. The van der Waals surface area contributed by atoms with Crippen molar-refractivity contribution in [1.29, 1.82) is 0 Å². The molecule has 1 aromatic rings. The summed E-state index contributed by atoms with van der Waals surface area (Å²) >= 11 is 1.07. The molecule has 0 bridgehead atoms. The monoisotopic (exact) mass is 309 g/mol. The zero-order valence-electron chi connectivity index (χ0n) is 11.2. The maximum absolute atomic E-state index is 12.1. The lowest BCUT2D eigenvalue weighted by atomic mass is 10.3. The molecule has 1 rings (SSSR count). The molecule has 0 aromatic carbocycles. The van der Waals surface area contributed by atoms with Gasteiger partial charge >= 0.3 is 0 Å². The second-order valence-electron chi connectivity index (χ2n) is 3.99. The molecule has 0 saturated carbocycles. The highest BCUT2D eigenvalue weighted by Gasteiger charge is 2.20. The molecule has 110 valence electrons. The van der Waals surface area contributed by atoms with Crippen LogP contribution in [0.5, 0.6) is 0 Å². The molecule has 6 nitrogen and oxygen atoms in total. The molecule has 1 atom stereocenters. The number of methoxy groups -OCH3 is 2. The van der Waals surface area contributed by atoms with E-state index in [4.69, 9.17) is 14.6 Å². The fourth-order valence-electron chi connectivity index (χ4n) is 1.45. The summed E-state index contributed by atoms with van der Waals surface area (Å²) in [4.78, 5) is 0.653. The van der Waals surface area contributed by atoms with Gasteiger partial charge in [0.1, 0.15) is 4.21 Å². The van der Waals surface area contributed by atoms with Crippen molar-refractivity contribution in [3.05, 3.63) is 16.5 Å². The number of rotatable bonds is 8. The van der Waals surface area contributed by atoms with Crippen molar-refractivity contribution >= 4 is 21.4 Å². The fraction of sp³-hybridized carbons (Fsp3) is 0.636. The minimum Gasteiger partial charge on any atom is -0.391 e. The fourth-order valence-corrected chi connectivity index (χ4v) is 4.01. The summed E-state index contributed by atoms with van der Waals surface area (Å²) in [6, 6.07) is 1.55. The van der Waals surface area contributed by atoms with Crippen LogP contribution < -0.4 is 4.72 Å². The Balaban J connectivity index is 2.75. The number of ether oxygens (including phenoxy) is 2. The third-order valence-electron chi connectivity index (χ3n) is 2.59. The van der Waals surface area contributed by atoms with Gasteiger partial charge in [0.2, 0.25) is 10.0 Å². The molecule has 0 amide bonds. The topological polar surface area (TPSA) is 84.9 Å². The maximum atomic E-state index is 12.1. The standard InChI is InChI=1S/C11H19NO5S2/c1-8-4-11(18-10(8)6-13)19(14,15)12-5-9(17-3)7-16-2/h4,9,12-13H,5-7H2,1-3H3. The number of aliphatic hydroxyl groups is 1. The molecule has 1 aromatic heterocycles. The summed E-state index contributed by atoms with van der Waals surface area (Å²) in [7, 11) is -0.552. The van der Waals surface area contributed by atoms with Gasteiger partial charge in [-0.25, -0.2) is 13.1 Å². The summed E-state index contributed by atoms with van der Waals surface area (Å²) in [6.07, 6.45) is -0.335. The van der Waals surface area contributed by atoms with Gasteiger partial charge in [0.05, 0.1) is 19.3 Å². The molecule has 19 heavy (non-hydrogen) atoms. The van der Waals surface area contributed by atoms with Crippen LogP contribution in [0.1, 0.15) is 10.4 Å². The maximum Gasteiger partial charge on any atom is 0.250 e. The van der Waals surface area contributed by atoms with Crippen LogP contribution in [0.15, 0.2) is 10.3 Å². The van der Waals surface area contributed by atoms with Crippen molar-refractivity contribution in [2.24, 2.45) is 0 Å². The average Bonchev–Trinajstić information content (AvgIpc) is 2.76. The van der Waals surface area contributed by atoms with E-state index in [0.717, 1.165) is 16.9 Å². The Hall–Kier alpha value is -0.510. The molecule has 2 N–H and O–H groups in total. The average molecular weight is 309 g/mol. The number of thiophene rings is 1. The first kappa shape index (κ1) is 16.5. The first-order valence-electron chi connectivity index (χ1n) is 5.66. The highest BCUT2D eigenvalue weighted by atomic mass is 32.2. The van der Waals surface area contributed by atoms with Gasteiger partial charge in [0.25, 0.3) is 0 Å². The summed E-state index contributed by atoms with van der Waals surface area (Å²) in [5, 5.41) is 9.08. The van der Waals surface area contributed by atoms with Gasteiger partial charge in [-0.15, -0.1) is 11.3 Å². The quantitative estimate of drug-likeness (QED) is 0.730. The Morgan fingerprint density at radius 2 is 2.16 bits per heavy atom. The van der Waals surface area contributed by atoms with Gasteiger partial charge in [-0.05, 0) is 18.6 Å². The van der Waals surface area contributed by atoms with E-state index in [9.17, 15) is 8.42 Å². The van der Waals surface area contributed by atoms with Gasteiger partial charge in [0.15, 0.2) is 0 Å². The highest BCUT2D eigenvalue weighted by molar-refractivity contribution is 7.91. The normalized spacial score (nSPS) is 13.7. The Bertz CT molecular complexity index is 497. The predicted octanol–water partition coefficient (Wildman–Crippen LogP) is 0.489. The van der Waals surface area contributed by atoms with Crippen molar-refractivity contribution in [1.82, 2.24) is 4.72 Å². The molecular formula is C11H19NO5S2. The summed E-state index contributed by atoms with van der Waals surface area (Å²) in [5.41, 5.74) is 0.771. The van der Waals surface area contributed by atoms with E-state index in [2.05, 4.69) is 4.72 Å². The van der Waals surface area contributed by atoms with Gasteiger partial charge in [-0.1, -0.05) is 0 Å². The van der Waals surface area contributed by atoms with Crippen LogP contribution in [0, 0.1) is 6.92 Å². The molecule has 0 radical (unpaired) electrons. The lowest BCUT2D eigenvalue weighted by molar-refractivity contribution is 0.0320. The zero-order valence-corrected chi connectivity index (χ0v) is 12.8. The van der Waals surface area contributed by atoms with Crippen LogP contribution in [-0.2, 0) is 26.1 Å². The second-order valence-corrected chi connectivity index (χ2v) is 7.13. The Morgan fingerprint density at radius 3 is 2.63 bits per heavy atom. The van der Waals surface area contributed by atoms with Crippen LogP contribution >= 0.6 is 11.3 Å². The van der Waals surface area contributed by atoms with Crippen molar-refractivity contribution in [2.45, 2.75) is 23.8 Å². The highest BCUT2D eigenvalue weighted by Crippen LogP contribution is 2.25. The van der Waals surface area contributed by atoms with Crippen molar-refractivity contribution in [2.75, 3.05) is 27.4 Å². The molecular weight excluding hydrogens is 290 g/mol. The Kier molecular flexibility index (Phi) is 6.37. The Morgan fingerprint density at radius 1 is 1.47 bits per heavy atom. The first-order chi connectivity index (χ1) is 8.94. The number of aliphatic hydroxyl groups excluding tert-OH is 1. The molecule has 0 aliphatic heterocycles. The van der Waals surface area contributed by atoms with Crippen LogP contribution in [-0.4, -0.2) is 47.0 Å². The molecule has 0 aliphatic rings. The summed E-state index contributed by atoms with van der Waals surface area (Å²) in [5.74, 6) is 0. The van der Waals surface area contributed by atoms with E-state index in [1.165, 1.54) is 14.2 Å². The van der Waals surface area contributed by atoms with E-state index < -0.39 is 10.0 Å². The van der Waals surface area contributed by atoms with Gasteiger partial charge in [-0.2, -0.15) is 0 Å². The number of sulfonamides is 1. The van der Waals surface area contributed by atoms with Crippen molar-refractivity contribution in [3.8, 4) is 0 Å². The van der Waals surface area contributed by atoms with E-state index in [-0.39, 0.29) is 23.5 Å². The molecule has 1 heterocycles. The second kappa shape index (κ2) is 7.32. The minimum atomic E-state index is -3.57. The van der Waals surface area contributed by atoms with Crippen LogP contribution in [0.3, 0.4) is 0 Å². The molecule has 0 spiro atoms. The molecule has 1 unspecified atom stereocenters. The van der Waals surface area contributed by atoms with Crippen LogP contribution in [0.2, 0.25) is 0 Å². The molecule has 8 heteroatoms.